The molecule has 196 valence electrons. The molecule has 1 saturated heterocycles. The van der Waals surface area contributed by atoms with Gasteiger partial charge in [0.1, 0.15) is 12.4 Å². The zero-order valence-corrected chi connectivity index (χ0v) is 22.8. The van der Waals surface area contributed by atoms with Crippen LogP contribution in [-0.4, -0.2) is 63.9 Å². The number of benzene rings is 2. The van der Waals surface area contributed by atoms with Crippen molar-refractivity contribution in [3.63, 3.8) is 0 Å². The van der Waals surface area contributed by atoms with Crippen LogP contribution in [0.1, 0.15) is 25.0 Å². The number of ether oxygens (including phenoxy) is 1. The van der Waals surface area contributed by atoms with Gasteiger partial charge >= 0.3 is 6.09 Å². The molecule has 9 nitrogen and oxygen atoms in total. The maximum Gasteiger partial charge on any atom is 0.410 e. The lowest BCUT2D eigenvalue weighted by molar-refractivity contribution is -0.135. The summed E-state index contributed by atoms with van der Waals surface area (Å²) in [6.45, 7) is 6.67. The Balaban J connectivity index is 1.27. The monoisotopic (exact) mass is 577 g/mol. The molecule has 0 saturated carbocycles. The molecular formula is C28H28BrN5O4. The summed E-state index contributed by atoms with van der Waals surface area (Å²) in [4.78, 5) is 46.3. The highest BCUT2D eigenvalue weighted by Crippen LogP contribution is 2.27. The van der Waals surface area contributed by atoms with E-state index in [1.54, 1.807) is 18.7 Å². The molecule has 10 heteroatoms. The van der Waals surface area contributed by atoms with Gasteiger partial charge in [0.2, 0.25) is 0 Å². The van der Waals surface area contributed by atoms with E-state index < -0.39 is 0 Å². The van der Waals surface area contributed by atoms with Crippen molar-refractivity contribution >= 4 is 50.6 Å². The van der Waals surface area contributed by atoms with Gasteiger partial charge in [0, 0.05) is 53.7 Å². The highest BCUT2D eigenvalue weighted by Gasteiger charge is 2.34. The zero-order valence-electron chi connectivity index (χ0n) is 21.2. The number of halogens is 1. The van der Waals surface area contributed by atoms with Gasteiger partial charge in [-0.25, -0.2) is 9.78 Å². The van der Waals surface area contributed by atoms with E-state index in [-0.39, 0.29) is 24.5 Å². The molecular weight excluding hydrogens is 550 g/mol. The minimum atomic E-state index is -0.375. The largest absolute Gasteiger partial charge is 0.445 e. The minimum Gasteiger partial charge on any atom is -0.445 e. The fourth-order valence-corrected chi connectivity index (χ4v) is 4.92. The average molecular weight is 578 g/mol. The van der Waals surface area contributed by atoms with E-state index in [9.17, 15) is 14.4 Å². The lowest BCUT2D eigenvalue weighted by Gasteiger charge is -2.34. The molecule has 2 aromatic carbocycles. The lowest BCUT2D eigenvalue weighted by atomic mass is 10.1. The Hall–Kier alpha value is -3.76. The summed E-state index contributed by atoms with van der Waals surface area (Å²) < 4.78 is 6.37. The van der Waals surface area contributed by atoms with Crippen LogP contribution in [0.25, 0.3) is 10.9 Å². The molecule has 3 heterocycles. The van der Waals surface area contributed by atoms with Crippen LogP contribution in [0.3, 0.4) is 0 Å². The number of amides is 3. The van der Waals surface area contributed by atoms with Gasteiger partial charge in [-0.3, -0.25) is 19.9 Å². The molecule has 0 radical (unpaired) electrons. The second kappa shape index (κ2) is 10.9. The third kappa shape index (κ3) is 5.41. The first-order chi connectivity index (χ1) is 18.3. The summed E-state index contributed by atoms with van der Waals surface area (Å²) in [6.07, 6.45) is -0.307. The summed E-state index contributed by atoms with van der Waals surface area (Å²) in [7, 11) is 0. The minimum absolute atomic E-state index is 0.255. The number of carbonyl (C=O) groups is 3. The number of nitrogens with zero attached hydrogens (tertiary/aromatic N) is 4. The van der Waals surface area contributed by atoms with Crippen molar-refractivity contribution < 1.29 is 19.1 Å². The molecule has 2 aliphatic heterocycles. The molecule has 1 fully saturated rings. The van der Waals surface area contributed by atoms with E-state index >= 15 is 0 Å². The normalized spacial score (nSPS) is 16.5. The van der Waals surface area contributed by atoms with Gasteiger partial charge in [-0.15, -0.1) is 0 Å². The topological polar surface area (TPSA) is 95.1 Å². The fourth-order valence-electron chi connectivity index (χ4n) is 4.57. The molecule has 0 unspecified atom stereocenters. The standard InChI is InChI=1S/C28H28BrN5O4/c1-18-19(2)27(36)34(26(18)35)31-25-14-21(23-9-8-22(29)15-24(23)30-25)16-32-10-12-33(13-11-32)28(37)38-17-20-6-4-3-5-7-20/h3-9,14-15H,10-13,16-17H2,1-2H3,(H,30,31). The van der Waals surface area contributed by atoms with E-state index in [2.05, 4.69) is 31.2 Å². The molecule has 5 rings (SSSR count). The summed E-state index contributed by atoms with van der Waals surface area (Å²) >= 11 is 3.51. The predicted molar refractivity (Wildman–Crippen MR) is 147 cm³/mol. The maximum atomic E-state index is 12.6. The summed E-state index contributed by atoms with van der Waals surface area (Å²) in [6, 6.07) is 17.4. The van der Waals surface area contributed by atoms with E-state index in [4.69, 9.17) is 4.74 Å². The third-order valence-corrected chi connectivity index (χ3v) is 7.42. The summed E-state index contributed by atoms with van der Waals surface area (Å²) in [5, 5.41) is 1.99. The molecule has 3 amide bonds. The van der Waals surface area contributed by atoms with Crippen LogP contribution in [0.15, 0.2) is 70.2 Å². The average Bonchev–Trinajstić information content (AvgIpc) is 3.10. The van der Waals surface area contributed by atoms with Crippen LogP contribution >= 0.6 is 15.9 Å². The van der Waals surface area contributed by atoms with Gasteiger partial charge in [0.25, 0.3) is 11.8 Å². The first kappa shape index (κ1) is 25.9. The number of anilines is 1. The Morgan fingerprint density at radius 2 is 1.66 bits per heavy atom. The van der Waals surface area contributed by atoms with Crippen molar-refractivity contribution in [1.82, 2.24) is 19.8 Å². The SMILES string of the molecule is CC1=C(C)C(=O)N(Nc2cc(CN3CCN(C(=O)OCc4ccccc4)CC3)c3ccc(Br)cc3n2)C1=O. The van der Waals surface area contributed by atoms with Crippen molar-refractivity contribution in [2.75, 3.05) is 31.6 Å². The number of nitrogens with one attached hydrogen (secondary N) is 1. The van der Waals surface area contributed by atoms with E-state index in [0.717, 1.165) is 31.5 Å². The first-order valence-corrected chi connectivity index (χ1v) is 13.2. The Morgan fingerprint density at radius 1 is 0.974 bits per heavy atom. The molecule has 1 aromatic heterocycles. The quantitative estimate of drug-likeness (QED) is 0.431. The van der Waals surface area contributed by atoms with E-state index in [0.29, 0.717) is 49.7 Å². The van der Waals surface area contributed by atoms with Crippen molar-refractivity contribution in [2.45, 2.75) is 27.0 Å². The van der Waals surface area contributed by atoms with Crippen LogP contribution in [0.4, 0.5) is 10.6 Å². The number of hydrogen-bond donors (Lipinski definition) is 1. The lowest BCUT2D eigenvalue weighted by Crippen LogP contribution is -2.48. The number of hydrogen-bond acceptors (Lipinski definition) is 7. The number of carbonyl (C=O) groups excluding carboxylic acids is 3. The van der Waals surface area contributed by atoms with Gasteiger partial charge in [0.05, 0.1) is 5.52 Å². The van der Waals surface area contributed by atoms with Gasteiger partial charge in [-0.05, 0) is 43.2 Å². The Kier molecular flexibility index (Phi) is 7.44. The Morgan fingerprint density at radius 3 is 2.34 bits per heavy atom. The number of pyridine rings is 1. The maximum absolute atomic E-state index is 12.6. The van der Waals surface area contributed by atoms with E-state index in [1.165, 1.54) is 0 Å². The number of aromatic nitrogens is 1. The molecule has 38 heavy (non-hydrogen) atoms. The van der Waals surface area contributed by atoms with Crippen LogP contribution in [0, 0.1) is 0 Å². The highest BCUT2D eigenvalue weighted by atomic mass is 79.9. The zero-order chi connectivity index (χ0) is 26.8. The number of imide groups is 1. The fraction of sp³-hybridized carbons (Fsp3) is 0.286. The number of rotatable bonds is 6. The van der Waals surface area contributed by atoms with Gasteiger partial charge in [-0.2, -0.15) is 5.01 Å². The smallest absolute Gasteiger partial charge is 0.410 e. The second-order valence-corrected chi connectivity index (χ2v) is 10.4. The Bertz CT molecular complexity index is 1410. The number of fused-ring (bicyclic) bond motifs is 1. The summed E-state index contributed by atoms with van der Waals surface area (Å²) in [5.74, 6) is -0.334. The van der Waals surface area contributed by atoms with Gasteiger partial charge in [0.15, 0.2) is 0 Å². The highest BCUT2D eigenvalue weighted by molar-refractivity contribution is 9.10. The summed E-state index contributed by atoms with van der Waals surface area (Å²) in [5.41, 5.74) is 6.46. The van der Waals surface area contributed by atoms with Crippen LogP contribution < -0.4 is 5.43 Å². The van der Waals surface area contributed by atoms with Crippen molar-refractivity contribution in [3.05, 3.63) is 81.3 Å². The van der Waals surface area contributed by atoms with Crippen LogP contribution in [0.2, 0.25) is 0 Å². The van der Waals surface area contributed by atoms with Crippen molar-refractivity contribution in [2.24, 2.45) is 0 Å². The van der Waals surface area contributed by atoms with Crippen molar-refractivity contribution in [1.29, 1.82) is 0 Å². The van der Waals surface area contributed by atoms with Gasteiger partial charge < -0.3 is 9.64 Å². The molecule has 0 spiro atoms. The predicted octanol–water partition coefficient (Wildman–Crippen LogP) is 4.48. The molecule has 0 bridgehead atoms. The molecule has 0 atom stereocenters. The molecule has 1 N–H and O–H groups in total. The first-order valence-electron chi connectivity index (χ1n) is 12.4. The molecule has 2 aliphatic rings. The van der Waals surface area contributed by atoms with Gasteiger partial charge in [-0.1, -0.05) is 52.3 Å². The Labute approximate surface area is 229 Å². The molecule has 3 aromatic rings. The van der Waals surface area contributed by atoms with Crippen LogP contribution in [-0.2, 0) is 27.5 Å². The number of hydrazine groups is 1. The van der Waals surface area contributed by atoms with Crippen LogP contribution in [0.5, 0.6) is 0 Å². The van der Waals surface area contributed by atoms with Crippen molar-refractivity contribution in [3.8, 4) is 0 Å². The number of piperazine rings is 1. The second-order valence-electron chi connectivity index (χ2n) is 9.44. The molecule has 0 aliphatic carbocycles. The third-order valence-electron chi connectivity index (χ3n) is 6.92. The van der Waals surface area contributed by atoms with E-state index in [1.807, 2.05) is 54.6 Å².